The predicted molar refractivity (Wildman–Crippen MR) is 78.6 cm³/mol. The number of rotatable bonds is 4. The van der Waals surface area contributed by atoms with Gasteiger partial charge in [0.05, 0.1) is 22.9 Å². The number of nitrogens with one attached hydrogen (secondary N) is 1. The van der Waals surface area contributed by atoms with Crippen LogP contribution in [0.15, 0.2) is 11.6 Å². The summed E-state index contributed by atoms with van der Waals surface area (Å²) in [5, 5.41) is 6.66. The van der Waals surface area contributed by atoms with Crippen LogP contribution in [0.1, 0.15) is 48.1 Å². The summed E-state index contributed by atoms with van der Waals surface area (Å²) in [6, 6.07) is 0.626. The summed E-state index contributed by atoms with van der Waals surface area (Å²) in [7, 11) is 0. The summed E-state index contributed by atoms with van der Waals surface area (Å²) in [5.41, 5.74) is 2.19. The monoisotopic (exact) mass is 276 g/mol. The molecule has 2 heterocycles. The molecule has 0 radical (unpaired) electrons. The maximum absolute atomic E-state index is 4.60. The van der Waals surface area contributed by atoms with E-state index in [9.17, 15) is 0 Å². The molecule has 19 heavy (non-hydrogen) atoms. The lowest BCUT2D eigenvalue weighted by atomic mass is 10.2. The number of aryl methyl sites for hydroxylation is 2. The van der Waals surface area contributed by atoms with E-state index in [4.69, 9.17) is 0 Å². The van der Waals surface area contributed by atoms with Crippen LogP contribution in [0.5, 0.6) is 0 Å². The Morgan fingerprint density at radius 3 is 2.79 bits per heavy atom. The molecule has 1 N–H and O–H groups in total. The van der Waals surface area contributed by atoms with Crippen LogP contribution in [0.2, 0.25) is 0 Å². The van der Waals surface area contributed by atoms with Gasteiger partial charge < -0.3 is 9.88 Å². The smallest absolute Gasteiger partial charge is 0.203 e. The third-order valence-corrected chi connectivity index (χ3v) is 4.49. The fourth-order valence-electron chi connectivity index (χ4n) is 2.77. The Bertz CT molecular complexity index is 552. The normalized spacial score (nSPS) is 16.1. The maximum atomic E-state index is 4.60. The molecule has 1 saturated carbocycles. The summed E-state index contributed by atoms with van der Waals surface area (Å²) < 4.78 is 2.32. The van der Waals surface area contributed by atoms with E-state index in [-0.39, 0.29) is 0 Å². The largest absolute Gasteiger partial charge is 0.350 e. The van der Waals surface area contributed by atoms with Gasteiger partial charge in [0.15, 0.2) is 0 Å². The van der Waals surface area contributed by atoms with Gasteiger partial charge in [-0.1, -0.05) is 12.8 Å². The summed E-state index contributed by atoms with van der Waals surface area (Å²) >= 11 is 1.70. The molecule has 4 nitrogen and oxygen atoms in total. The van der Waals surface area contributed by atoms with Gasteiger partial charge in [0.2, 0.25) is 5.95 Å². The fraction of sp³-hybridized carbons (Fsp3) is 0.571. The zero-order valence-electron chi connectivity index (χ0n) is 11.5. The van der Waals surface area contributed by atoms with Crippen LogP contribution < -0.4 is 5.32 Å². The van der Waals surface area contributed by atoms with E-state index in [1.165, 1.54) is 25.7 Å². The van der Waals surface area contributed by atoms with E-state index in [0.717, 1.165) is 28.9 Å². The van der Waals surface area contributed by atoms with Crippen LogP contribution in [0.4, 0.5) is 5.95 Å². The van der Waals surface area contributed by atoms with Crippen LogP contribution in [0, 0.1) is 13.8 Å². The summed E-state index contributed by atoms with van der Waals surface area (Å²) in [6.45, 7) is 4.86. The molecule has 0 atom stereocenters. The van der Waals surface area contributed by atoms with Crippen LogP contribution in [0.3, 0.4) is 0 Å². The molecule has 0 saturated heterocycles. The minimum Gasteiger partial charge on any atom is -0.350 e. The zero-order valence-corrected chi connectivity index (χ0v) is 12.3. The van der Waals surface area contributed by atoms with Gasteiger partial charge in [0, 0.05) is 17.6 Å². The molecule has 1 aliphatic carbocycles. The first-order valence-electron chi connectivity index (χ1n) is 6.93. The second-order valence-corrected chi connectivity index (χ2v) is 6.33. The Kier molecular flexibility index (Phi) is 3.55. The maximum Gasteiger partial charge on any atom is 0.203 e. The Morgan fingerprint density at radius 2 is 2.11 bits per heavy atom. The molecule has 0 spiro atoms. The van der Waals surface area contributed by atoms with Crippen LogP contribution in [-0.4, -0.2) is 14.5 Å². The summed E-state index contributed by atoms with van der Waals surface area (Å²) in [5.74, 6) is 0.995. The zero-order chi connectivity index (χ0) is 13.2. The highest BCUT2D eigenvalue weighted by atomic mass is 32.1. The van der Waals surface area contributed by atoms with E-state index >= 15 is 0 Å². The second kappa shape index (κ2) is 5.33. The molecule has 5 heteroatoms. The number of aromatic nitrogens is 3. The molecule has 102 valence electrons. The van der Waals surface area contributed by atoms with Gasteiger partial charge in [-0.3, -0.25) is 0 Å². The first-order chi connectivity index (χ1) is 9.22. The highest BCUT2D eigenvalue weighted by Crippen LogP contribution is 2.32. The number of imidazole rings is 1. The van der Waals surface area contributed by atoms with Crippen molar-refractivity contribution in [2.45, 2.75) is 52.1 Å². The van der Waals surface area contributed by atoms with Crippen molar-refractivity contribution in [3.05, 3.63) is 28.0 Å². The molecule has 0 aliphatic heterocycles. The molecule has 2 aromatic heterocycles. The van der Waals surface area contributed by atoms with Gasteiger partial charge >= 0.3 is 0 Å². The van der Waals surface area contributed by atoms with Crippen molar-refractivity contribution in [2.24, 2.45) is 0 Å². The molecule has 3 rings (SSSR count). The predicted octanol–water partition coefficient (Wildman–Crippen LogP) is 3.68. The molecule has 1 fully saturated rings. The molecule has 2 aromatic rings. The van der Waals surface area contributed by atoms with Crippen LogP contribution >= 0.6 is 11.3 Å². The summed E-state index contributed by atoms with van der Waals surface area (Å²) in [6.07, 6.45) is 7.41. The number of anilines is 1. The van der Waals surface area contributed by atoms with Crippen LogP contribution in [-0.2, 0) is 6.54 Å². The van der Waals surface area contributed by atoms with E-state index < -0.39 is 0 Å². The third-order valence-electron chi connectivity index (χ3n) is 3.67. The minimum absolute atomic E-state index is 0.626. The minimum atomic E-state index is 0.626. The molecular weight excluding hydrogens is 256 g/mol. The second-order valence-electron chi connectivity index (χ2n) is 5.26. The van der Waals surface area contributed by atoms with Crippen molar-refractivity contribution in [3.63, 3.8) is 0 Å². The van der Waals surface area contributed by atoms with E-state index in [0.29, 0.717) is 6.04 Å². The molecule has 0 unspecified atom stereocenters. The Balaban J connectivity index is 1.73. The Labute approximate surface area is 117 Å². The number of thiazole rings is 1. The van der Waals surface area contributed by atoms with Gasteiger partial charge in [-0.2, -0.15) is 0 Å². The Morgan fingerprint density at radius 1 is 1.32 bits per heavy atom. The van der Waals surface area contributed by atoms with Gasteiger partial charge in [-0.25, -0.2) is 9.97 Å². The van der Waals surface area contributed by atoms with E-state index in [1.54, 1.807) is 11.3 Å². The van der Waals surface area contributed by atoms with Crippen molar-refractivity contribution < 1.29 is 0 Å². The average molecular weight is 276 g/mol. The molecule has 1 aliphatic rings. The average Bonchev–Trinajstić information content (AvgIpc) is 3.07. The van der Waals surface area contributed by atoms with Crippen molar-refractivity contribution in [1.29, 1.82) is 0 Å². The fourth-order valence-corrected chi connectivity index (χ4v) is 3.38. The van der Waals surface area contributed by atoms with Gasteiger partial charge in [-0.05, 0) is 26.7 Å². The molecule has 0 amide bonds. The van der Waals surface area contributed by atoms with E-state index in [1.807, 2.05) is 6.92 Å². The highest BCUT2D eigenvalue weighted by molar-refractivity contribution is 7.09. The topological polar surface area (TPSA) is 42.7 Å². The van der Waals surface area contributed by atoms with Crippen molar-refractivity contribution in [1.82, 2.24) is 14.5 Å². The highest BCUT2D eigenvalue weighted by Gasteiger charge is 2.20. The van der Waals surface area contributed by atoms with Gasteiger partial charge in [0.1, 0.15) is 0 Å². The van der Waals surface area contributed by atoms with Crippen molar-refractivity contribution >= 4 is 17.3 Å². The SMILES string of the molecule is Cc1cn(C2CCCC2)c(NCc2csc(C)n2)n1. The number of hydrogen-bond acceptors (Lipinski definition) is 4. The quantitative estimate of drug-likeness (QED) is 0.926. The first kappa shape index (κ1) is 12.7. The van der Waals surface area contributed by atoms with Gasteiger partial charge in [0.25, 0.3) is 0 Å². The van der Waals surface area contributed by atoms with Crippen LogP contribution in [0.25, 0.3) is 0 Å². The lowest BCUT2D eigenvalue weighted by Gasteiger charge is -2.15. The molecular formula is C14H20N4S. The van der Waals surface area contributed by atoms with Gasteiger partial charge in [-0.15, -0.1) is 11.3 Å². The molecule has 0 aromatic carbocycles. The summed E-state index contributed by atoms with van der Waals surface area (Å²) in [4.78, 5) is 9.08. The Hall–Kier alpha value is -1.36. The number of hydrogen-bond donors (Lipinski definition) is 1. The molecule has 0 bridgehead atoms. The standard InChI is InChI=1S/C14H20N4S/c1-10-8-18(13-5-3-4-6-13)14(16-10)15-7-12-9-19-11(2)17-12/h8-9,13H,3-7H2,1-2H3,(H,15,16). The third kappa shape index (κ3) is 2.81. The number of nitrogens with zero attached hydrogens (tertiary/aromatic N) is 3. The van der Waals surface area contributed by atoms with E-state index in [2.05, 4.69) is 38.4 Å². The van der Waals surface area contributed by atoms with Crippen molar-refractivity contribution in [3.8, 4) is 0 Å². The lowest BCUT2D eigenvalue weighted by Crippen LogP contribution is -2.10. The van der Waals surface area contributed by atoms with Crippen molar-refractivity contribution in [2.75, 3.05) is 5.32 Å². The lowest BCUT2D eigenvalue weighted by molar-refractivity contribution is 0.522. The first-order valence-corrected chi connectivity index (χ1v) is 7.80.